The standard InChI is InChI=1S/C27H26Cl2N2O/c1-3-18-10-7-11-21-23(16-30-27(18)21)22(20-12-13-24(28)25(29)14-20)15-26(32)31-17(2)19-8-5-4-6-9-19/h4-14,16-17,22,30H,3,15H2,1-2H3,(H,31,32)/t17-,22-/m0/s1. The number of para-hydroxylation sites is 1. The van der Waals surface area contributed by atoms with Gasteiger partial charge in [-0.1, -0.05) is 84.7 Å². The molecule has 2 N–H and O–H groups in total. The van der Waals surface area contributed by atoms with Crippen molar-refractivity contribution in [3.63, 3.8) is 0 Å². The van der Waals surface area contributed by atoms with Gasteiger partial charge in [-0.05, 0) is 47.7 Å². The van der Waals surface area contributed by atoms with Crippen molar-refractivity contribution >= 4 is 40.0 Å². The molecule has 0 saturated carbocycles. The predicted molar refractivity (Wildman–Crippen MR) is 134 cm³/mol. The van der Waals surface area contributed by atoms with E-state index in [0.29, 0.717) is 16.5 Å². The van der Waals surface area contributed by atoms with Crippen LogP contribution in [-0.4, -0.2) is 10.9 Å². The number of carbonyl (C=O) groups excluding carboxylic acids is 1. The Kier molecular flexibility index (Phi) is 6.88. The van der Waals surface area contributed by atoms with E-state index in [1.165, 1.54) is 5.56 Å². The molecule has 0 fully saturated rings. The highest BCUT2D eigenvalue weighted by Crippen LogP contribution is 2.37. The first-order valence-electron chi connectivity index (χ1n) is 10.9. The molecule has 3 nitrogen and oxygen atoms in total. The minimum Gasteiger partial charge on any atom is -0.361 e. The molecule has 4 rings (SSSR count). The van der Waals surface area contributed by atoms with Crippen molar-refractivity contribution in [2.45, 2.75) is 38.6 Å². The van der Waals surface area contributed by atoms with E-state index in [1.54, 1.807) is 6.07 Å². The minimum absolute atomic E-state index is 0.0154. The molecule has 3 aromatic carbocycles. The Morgan fingerprint density at radius 3 is 2.47 bits per heavy atom. The summed E-state index contributed by atoms with van der Waals surface area (Å²) in [5.41, 5.74) is 5.49. The Labute approximate surface area is 198 Å². The number of hydrogen-bond donors (Lipinski definition) is 2. The third-order valence-corrected chi connectivity index (χ3v) is 6.74. The van der Waals surface area contributed by atoms with Crippen molar-refractivity contribution in [1.82, 2.24) is 10.3 Å². The predicted octanol–water partition coefficient (Wildman–Crippen LogP) is 7.44. The summed E-state index contributed by atoms with van der Waals surface area (Å²) in [5.74, 6) is -0.174. The zero-order valence-corrected chi connectivity index (χ0v) is 19.7. The van der Waals surface area contributed by atoms with Crippen LogP contribution < -0.4 is 5.32 Å². The number of rotatable bonds is 7. The molecule has 0 spiro atoms. The second-order valence-corrected chi connectivity index (χ2v) is 8.88. The lowest BCUT2D eigenvalue weighted by Crippen LogP contribution is -2.28. The number of aromatic amines is 1. The average Bonchev–Trinajstić information content (AvgIpc) is 3.24. The number of hydrogen-bond acceptors (Lipinski definition) is 1. The molecule has 0 aliphatic carbocycles. The van der Waals surface area contributed by atoms with Crippen molar-refractivity contribution in [2.24, 2.45) is 0 Å². The second kappa shape index (κ2) is 9.81. The molecule has 1 heterocycles. The summed E-state index contributed by atoms with van der Waals surface area (Å²) < 4.78 is 0. The number of carbonyl (C=O) groups is 1. The summed E-state index contributed by atoms with van der Waals surface area (Å²) in [6.45, 7) is 4.14. The normalized spacial score (nSPS) is 13.1. The average molecular weight is 465 g/mol. The summed E-state index contributed by atoms with van der Waals surface area (Å²) in [7, 11) is 0. The Morgan fingerprint density at radius 2 is 1.75 bits per heavy atom. The molecule has 1 amide bonds. The van der Waals surface area contributed by atoms with E-state index < -0.39 is 0 Å². The van der Waals surface area contributed by atoms with Crippen LogP contribution in [0.5, 0.6) is 0 Å². The van der Waals surface area contributed by atoms with Gasteiger partial charge in [0.05, 0.1) is 16.1 Å². The number of benzene rings is 3. The molecule has 0 bridgehead atoms. The van der Waals surface area contributed by atoms with E-state index in [1.807, 2.05) is 55.6 Å². The largest absolute Gasteiger partial charge is 0.361 e. The molecule has 5 heteroatoms. The molecular formula is C27H26Cl2N2O. The number of nitrogens with one attached hydrogen (secondary N) is 2. The van der Waals surface area contributed by atoms with Gasteiger partial charge < -0.3 is 10.3 Å². The number of aryl methyl sites for hydroxylation is 1. The van der Waals surface area contributed by atoms with Crippen LogP contribution >= 0.6 is 23.2 Å². The van der Waals surface area contributed by atoms with Gasteiger partial charge in [0.1, 0.15) is 0 Å². The van der Waals surface area contributed by atoms with Gasteiger partial charge >= 0.3 is 0 Å². The lowest BCUT2D eigenvalue weighted by Gasteiger charge is -2.20. The Hall–Kier alpha value is -2.75. The third kappa shape index (κ3) is 4.69. The van der Waals surface area contributed by atoms with E-state index in [-0.39, 0.29) is 17.9 Å². The maximum atomic E-state index is 13.1. The zero-order chi connectivity index (χ0) is 22.7. The fourth-order valence-electron chi connectivity index (χ4n) is 4.27. The van der Waals surface area contributed by atoms with Gasteiger partial charge in [-0.3, -0.25) is 4.79 Å². The lowest BCUT2D eigenvalue weighted by molar-refractivity contribution is -0.121. The second-order valence-electron chi connectivity index (χ2n) is 8.07. The topological polar surface area (TPSA) is 44.9 Å². The molecule has 0 aliphatic heterocycles. The maximum Gasteiger partial charge on any atom is 0.221 e. The van der Waals surface area contributed by atoms with Gasteiger partial charge in [0.15, 0.2) is 0 Å². The number of aromatic nitrogens is 1. The minimum atomic E-state index is -0.159. The highest BCUT2D eigenvalue weighted by Gasteiger charge is 2.23. The van der Waals surface area contributed by atoms with Gasteiger partial charge in [-0.15, -0.1) is 0 Å². The smallest absolute Gasteiger partial charge is 0.221 e. The van der Waals surface area contributed by atoms with Crippen molar-refractivity contribution in [2.75, 3.05) is 0 Å². The summed E-state index contributed by atoms with van der Waals surface area (Å²) in [5, 5.41) is 5.27. The molecule has 0 aliphatic rings. The summed E-state index contributed by atoms with van der Waals surface area (Å²) in [6.07, 6.45) is 3.26. The van der Waals surface area contributed by atoms with Crippen LogP contribution in [0.1, 0.15) is 54.5 Å². The summed E-state index contributed by atoms with van der Waals surface area (Å²) in [4.78, 5) is 16.6. The molecule has 32 heavy (non-hydrogen) atoms. The maximum absolute atomic E-state index is 13.1. The zero-order valence-electron chi connectivity index (χ0n) is 18.2. The molecule has 0 unspecified atom stereocenters. The third-order valence-electron chi connectivity index (χ3n) is 6.00. The first-order chi connectivity index (χ1) is 15.5. The first kappa shape index (κ1) is 22.4. The van der Waals surface area contributed by atoms with E-state index in [9.17, 15) is 4.79 Å². The van der Waals surface area contributed by atoms with Gasteiger partial charge in [0, 0.05) is 29.4 Å². The van der Waals surface area contributed by atoms with Crippen molar-refractivity contribution in [3.8, 4) is 0 Å². The van der Waals surface area contributed by atoms with E-state index >= 15 is 0 Å². The molecular weight excluding hydrogens is 439 g/mol. The van der Waals surface area contributed by atoms with Gasteiger partial charge in [0.2, 0.25) is 5.91 Å². The first-order valence-corrected chi connectivity index (χ1v) is 11.6. The summed E-state index contributed by atoms with van der Waals surface area (Å²) >= 11 is 12.5. The van der Waals surface area contributed by atoms with Crippen LogP contribution in [0.15, 0.2) is 72.9 Å². The molecule has 0 radical (unpaired) electrons. The SMILES string of the molecule is CCc1cccc2c([C@@H](CC(=O)N[C@@H](C)c3ccccc3)c3ccc(Cl)c(Cl)c3)c[nH]c12. The summed E-state index contributed by atoms with van der Waals surface area (Å²) in [6, 6.07) is 21.8. The van der Waals surface area contributed by atoms with Crippen LogP contribution in [0.4, 0.5) is 0 Å². The number of fused-ring (bicyclic) bond motifs is 1. The Morgan fingerprint density at radius 1 is 0.969 bits per heavy atom. The molecule has 2 atom stereocenters. The van der Waals surface area contributed by atoms with Crippen LogP contribution in [0.2, 0.25) is 10.0 Å². The number of amides is 1. The van der Waals surface area contributed by atoms with E-state index in [2.05, 4.69) is 35.4 Å². The monoisotopic (exact) mass is 464 g/mol. The van der Waals surface area contributed by atoms with Crippen molar-refractivity contribution in [3.05, 3.63) is 105 Å². The fourth-order valence-corrected chi connectivity index (χ4v) is 4.58. The molecule has 1 aromatic heterocycles. The van der Waals surface area contributed by atoms with E-state index in [4.69, 9.17) is 23.2 Å². The van der Waals surface area contributed by atoms with Crippen LogP contribution in [0.25, 0.3) is 10.9 Å². The lowest BCUT2D eigenvalue weighted by atomic mass is 9.87. The molecule has 0 saturated heterocycles. The quantitative estimate of drug-likeness (QED) is 0.293. The van der Waals surface area contributed by atoms with Crippen LogP contribution in [0, 0.1) is 0 Å². The Bertz CT molecular complexity index is 1230. The van der Waals surface area contributed by atoms with Gasteiger partial charge in [-0.25, -0.2) is 0 Å². The van der Waals surface area contributed by atoms with Gasteiger partial charge in [0.25, 0.3) is 0 Å². The Balaban J connectivity index is 1.69. The molecule has 164 valence electrons. The van der Waals surface area contributed by atoms with E-state index in [0.717, 1.165) is 34.0 Å². The van der Waals surface area contributed by atoms with Gasteiger partial charge in [-0.2, -0.15) is 0 Å². The highest BCUT2D eigenvalue weighted by molar-refractivity contribution is 6.42. The molecule has 4 aromatic rings. The fraction of sp³-hybridized carbons (Fsp3) is 0.222. The van der Waals surface area contributed by atoms with Crippen LogP contribution in [-0.2, 0) is 11.2 Å². The van der Waals surface area contributed by atoms with Crippen LogP contribution in [0.3, 0.4) is 0 Å². The number of H-pyrrole nitrogens is 1. The number of halogens is 2. The van der Waals surface area contributed by atoms with Crippen molar-refractivity contribution < 1.29 is 4.79 Å². The highest BCUT2D eigenvalue weighted by atomic mass is 35.5. The van der Waals surface area contributed by atoms with Crippen molar-refractivity contribution in [1.29, 1.82) is 0 Å².